The molecule has 0 atom stereocenters. The Morgan fingerprint density at radius 3 is 2.84 bits per heavy atom. The number of rotatable bonds is 4. The van der Waals surface area contributed by atoms with E-state index in [0.717, 1.165) is 17.0 Å². The lowest BCUT2D eigenvalue weighted by Gasteiger charge is -2.06. The number of halogens is 1. The molecule has 2 aromatic rings. The monoisotopic (exact) mass is 278 g/mol. The van der Waals surface area contributed by atoms with E-state index in [1.54, 1.807) is 17.1 Å². The summed E-state index contributed by atoms with van der Waals surface area (Å²) >= 11 is 6.03. The molecule has 0 spiro atoms. The molecule has 2 heterocycles. The average molecular weight is 279 g/mol. The molecule has 2 rings (SSSR count). The minimum Gasteiger partial charge on any atom is -0.350 e. The number of aromatic nitrogens is 3. The van der Waals surface area contributed by atoms with Crippen molar-refractivity contribution in [1.29, 1.82) is 0 Å². The first-order chi connectivity index (χ1) is 9.08. The molecule has 0 aromatic carbocycles. The summed E-state index contributed by atoms with van der Waals surface area (Å²) in [5, 5.41) is 7.65. The molecule has 0 aliphatic rings. The van der Waals surface area contributed by atoms with Crippen molar-refractivity contribution in [3.63, 3.8) is 0 Å². The van der Waals surface area contributed by atoms with Crippen molar-refractivity contribution in [1.82, 2.24) is 20.1 Å². The van der Waals surface area contributed by atoms with Crippen LogP contribution in [-0.4, -0.2) is 20.7 Å². The Morgan fingerprint density at radius 1 is 1.47 bits per heavy atom. The van der Waals surface area contributed by atoms with Crippen molar-refractivity contribution in [3.8, 4) is 0 Å². The summed E-state index contributed by atoms with van der Waals surface area (Å²) in [6, 6.07) is 3.75. The molecule has 2 aromatic heterocycles. The summed E-state index contributed by atoms with van der Waals surface area (Å²) < 4.78 is 1.61. The topological polar surface area (TPSA) is 59.8 Å². The summed E-state index contributed by atoms with van der Waals surface area (Å²) in [7, 11) is 0. The number of aryl methyl sites for hydroxylation is 1. The Balaban J connectivity index is 1.93. The van der Waals surface area contributed by atoms with Crippen molar-refractivity contribution in [2.75, 3.05) is 0 Å². The van der Waals surface area contributed by atoms with Crippen LogP contribution in [0.2, 0.25) is 5.02 Å². The molecule has 6 heteroatoms. The van der Waals surface area contributed by atoms with Gasteiger partial charge in [0.25, 0.3) is 0 Å². The molecule has 0 fully saturated rings. The van der Waals surface area contributed by atoms with Crippen LogP contribution in [0.5, 0.6) is 0 Å². The highest BCUT2D eigenvalue weighted by atomic mass is 35.5. The van der Waals surface area contributed by atoms with Gasteiger partial charge >= 0.3 is 0 Å². The maximum Gasteiger partial charge on any atom is 0.242 e. The van der Waals surface area contributed by atoms with Crippen LogP contribution in [0.15, 0.2) is 24.5 Å². The first-order valence-corrected chi connectivity index (χ1v) is 6.31. The molecule has 1 amide bonds. The molecule has 0 aliphatic heterocycles. The zero-order valence-electron chi connectivity index (χ0n) is 10.9. The lowest BCUT2D eigenvalue weighted by atomic mass is 10.3. The summed E-state index contributed by atoms with van der Waals surface area (Å²) in [6.07, 6.45) is 3.42. The van der Waals surface area contributed by atoms with E-state index in [2.05, 4.69) is 15.4 Å². The lowest BCUT2D eigenvalue weighted by molar-refractivity contribution is -0.122. The number of amides is 1. The maximum absolute atomic E-state index is 11.8. The maximum atomic E-state index is 11.8. The zero-order valence-corrected chi connectivity index (χ0v) is 11.6. The highest BCUT2D eigenvalue weighted by Crippen LogP contribution is 2.18. The van der Waals surface area contributed by atoms with Crippen LogP contribution < -0.4 is 5.32 Å². The van der Waals surface area contributed by atoms with Gasteiger partial charge < -0.3 is 5.32 Å². The second kappa shape index (κ2) is 5.84. The summed E-state index contributed by atoms with van der Waals surface area (Å²) in [6.45, 7) is 4.29. The molecule has 0 aliphatic carbocycles. The standard InChI is InChI=1S/C13H15ClN4O/c1-9-13(14)10(2)18(17-9)8-12(19)16-7-11-4-3-5-15-6-11/h3-6H,7-8H2,1-2H3,(H,16,19). The van der Waals surface area contributed by atoms with Crippen molar-refractivity contribution < 1.29 is 4.79 Å². The van der Waals surface area contributed by atoms with Gasteiger partial charge in [-0.2, -0.15) is 5.10 Å². The molecule has 19 heavy (non-hydrogen) atoms. The van der Waals surface area contributed by atoms with Crippen molar-refractivity contribution in [3.05, 3.63) is 46.5 Å². The SMILES string of the molecule is Cc1nn(CC(=O)NCc2cccnc2)c(C)c1Cl. The molecule has 0 saturated heterocycles. The van der Waals surface area contributed by atoms with Crippen LogP contribution in [-0.2, 0) is 17.9 Å². The average Bonchev–Trinajstić information content (AvgIpc) is 2.65. The van der Waals surface area contributed by atoms with Crippen LogP contribution in [0.4, 0.5) is 0 Å². The van der Waals surface area contributed by atoms with Gasteiger partial charge in [-0.25, -0.2) is 0 Å². The Hall–Kier alpha value is -1.88. The van der Waals surface area contributed by atoms with E-state index in [1.807, 2.05) is 26.0 Å². The van der Waals surface area contributed by atoms with E-state index < -0.39 is 0 Å². The highest BCUT2D eigenvalue weighted by molar-refractivity contribution is 6.31. The molecular formula is C13H15ClN4O. The van der Waals surface area contributed by atoms with Crippen LogP contribution in [0.25, 0.3) is 0 Å². The fraction of sp³-hybridized carbons (Fsp3) is 0.308. The number of nitrogens with one attached hydrogen (secondary N) is 1. The zero-order chi connectivity index (χ0) is 13.8. The fourth-order valence-corrected chi connectivity index (χ4v) is 1.86. The molecule has 0 saturated carbocycles. The Kier molecular flexibility index (Phi) is 4.16. The minimum absolute atomic E-state index is 0.105. The number of nitrogens with zero attached hydrogens (tertiary/aromatic N) is 3. The van der Waals surface area contributed by atoms with Gasteiger partial charge in [-0.15, -0.1) is 0 Å². The molecular weight excluding hydrogens is 264 g/mol. The largest absolute Gasteiger partial charge is 0.350 e. The van der Waals surface area contributed by atoms with Gasteiger partial charge in [0.05, 0.1) is 16.4 Å². The van der Waals surface area contributed by atoms with Gasteiger partial charge in [0, 0.05) is 18.9 Å². The molecule has 5 nitrogen and oxygen atoms in total. The third-order valence-corrected chi connectivity index (χ3v) is 3.35. The van der Waals surface area contributed by atoms with E-state index >= 15 is 0 Å². The lowest BCUT2D eigenvalue weighted by Crippen LogP contribution is -2.28. The number of pyridine rings is 1. The van der Waals surface area contributed by atoms with Gasteiger partial charge in [0.15, 0.2) is 0 Å². The predicted octanol–water partition coefficient (Wildman–Crippen LogP) is 1.86. The van der Waals surface area contributed by atoms with Crippen molar-refractivity contribution in [2.45, 2.75) is 26.9 Å². The second-order valence-corrected chi connectivity index (χ2v) is 4.66. The van der Waals surface area contributed by atoms with Crippen LogP contribution in [0, 0.1) is 13.8 Å². The Bertz CT molecular complexity index is 580. The summed E-state index contributed by atoms with van der Waals surface area (Å²) in [5.74, 6) is -0.105. The van der Waals surface area contributed by atoms with Crippen LogP contribution in [0.3, 0.4) is 0 Å². The Morgan fingerprint density at radius 2 is 2.26 bits per heavy atom. The highest BCUT2D eigenvalue weighted by Gasteiger charge is 2.11. The fourth-order valence-electron chi connectivity index (χ4n) is 1.72. The number of carbonyl (C=O) groups is 1. The number of carbonyl (C=O) groups excluding carboxylic acids is 1. The van der Waals surface area contributed by atoms with Crippen LogP contribution in [0.1, 0.15) is 17.0 Å². The first kappa shape index (κ1) is 13.5. The van der Waals surface area contributed by atoms with Crippen molar-refractivity contribution in [2.24, 2.45) is 0 Å². The third kappa shape index (κ3) is 3.32. The number of hydrogen-bond acceptors (Lipinski definition) is 3. The van der Waals surface area contributed by atoms with Crippen molar-refractivity contribution >= 4 is 17.5 Å². The van der Waals surface area contributed by atoms with Gasteiger partial charge in [-0.3, -0.25) is 14.5 Å². The molecule has 100 valence electrons. The first-order valence-electron chi connectivity index (χ1n) is 5.93. The van der Waals surface area contributed by atoms with E-state index in [-0.39, 0.29) is 12.5 Å². The minimum atomic E-state index is -0.105. The normalized spacial score (nSPS) is 10.5. The molecule has 0 unspecified atom stereocenters. The predicted molar refractivity (Wildman–Crippen MR) is 72.8 cm³/mol. The van der Waals surface area contributed by atoms with Gasteiger partial charge in [-0.05, 0) is 25.5 Å². The van der Waals surface area contributed by atoms with Gasteiger partial charge in [0.2, 0.25) is 5.91 Å². The van der Waals surface area contributed by atoms with E-state index in [0.29, 0.717) is 11.6 Å². The Labute approximate surface area is 116 Å². The molecule has 0 radical (unpaired) electrons. The number of hydrogen-bond donors (Lipinski definition) is 1. The quantitative estimate of drug-likeness (QED) is 0.929. The van der Waals surface area contributed by atoms with E-state index in [1.165, 1.54) is 0 Å². The smallest absolute Gasteiger partial charge is 0.242 e. The van der Waals surface area contributed by atoms with E-state index in [9.17, 15) is 4.79 Å². The summed E-state index contributed by atoms with van der Waals surface area (Å²) in [4.78, 5) is 15.8. The van der Waals surface area contributed by atoms with E-state index in [4.69, 9.17) is 11.6 Å². The molecule has 1 N–H and O–H groups in total. The van der Waals surface area contributed by atoms with Gasteiger partial charge in [-0.1, -0.05) is 17.7 Å². The second-order valence-electron chi connectivity index (χ2n) is 4.28. The van der Waals surface area contributed by atoms with Crippen LogP contribution >= 0.6 is 11.6 Å². The third-order valence-electron chi connectivity index (χ3n) is 2.80. The van der Waals surface area contributed by atoms with Gasteiger partial charge in [0.1, 0.15) is 6.54 Å². The molecule has 0 bridgehead atoms. The summed E-state index contributed by atoms with van der Waals surface area (Å²) in [5.41, 5.74) is 2.50.